The van der Waals surface area contributed by atoms with Crippen LogP contribution in [0.5, 0.6) is 0 Å². The second kappa shape index (κ2) is 8.41. The fourth-order valence-corrected chi connectivity index (χ4v) is 5.36. The lowest BCUT2D eigenvalue weighted by molar-refractivity contribution is -0.130. The molecule has 0 bridgehead atoms. The third-order valence-corrected chi connectivity index (χ3v) is 7.20. The van der Waals surface area contributed by atoms with E-state index in [1.807, 2.05) is 4.90 Å². The Morgan fingerprint density at radius 2 is 1.94 bits per heavy atom. The van der Waals surface area contributed by atoms with Gasteiger partial charge in [0.1, 0.15) is 11.6 Å². The summed E-state index contributed by atoms with van der Waals surface area (Å²) in [5.74, 6) is -0.869. The first-order chi connectivity index (χ1) is 15.9. The number of likely N-dealkylation sites (tertiary alicyclic amines) is 1. The van der Waals surface area contributed by atoms with Gasteiger partial charge in [-0.3, -0.25) is 19.7 Å². The Labute approximate surface area is 189 Å². The van der Waals surface area contributed by atoms with Gasteiger partial charge in [0.2, 0.25) is 17.5 Å². The van der Waals surface area contributed by atoms with E-state index in [0.717, 1.165) is 38.5 Å². The van der Waals surface area contributed by atoms with E-state index in [2.05, 4.69) is 36.3 Å². The summed E-state index contributed by atoms with van der Waals surface area (Å²) in [7, 11) is 0. The Hall–Kier alpha value is -3.57. The van der Waals surface area contributed by atoms with Crippen LogP contribution in [0.1, 0.15) is 55.3 Å². The SMILES string of the molecule is O=C1C[C@@H](C(=O)NC2CCCCC23CCN(C(=O)c2cnc4n[nH]nc4c2)CC3)NC(=O)N1. The number of rotatable bonds is 3. The highest BCUT2D eigenvalue weighted by atomic mass is 16.2. The normalized spacial score (nSPS) is 24.9. The van der Waals surface area contributed by atoms with E-state index in [1.165, 1.54) is 6.20 Å². The van der Waals surface area contributed by atoms with Gasteiger partial charge in [-0.25, -0.2) is 9.78 Å². The van der Waals surface area contributed by atoms with Crippen LogP contribution in [0, 0.1) is 5.41 Å². The van der Waals surface area contributed by atoms with Crippen LogP contribution in [0.15, 0.2) is 12.3 Å². The summed E-state index contributed by atoms with van der Waals surface area (Å²) in [4.78, 5) is 55.1. The van der Waals surface area contributed by atoms with Gasteiger partial charge in [-0.1, -0.05) is 12.8 Å². The Morgan fingerprint density at radius 3 is 2.73 bits per heavy atom. The predicted molar refractivity (Wildman–Crippen MR) is 115 cm³/mol. The number of hydrogen-bond acceptors (Lipinski definition) is 7. The first kappa shape index (κ1) is 21.3. The minimum Gasteiger partial charge on any atom is -0.351 e. The number of piperidine rings is 1. The van der Waals surface area contributed by atoms with Crippen LogP contribution < -0.4 is 16.0 Å². The van der Waals surface area contributed by atoms with E-state index in [9.17, 15) is 19.2 Å². The number of urea groups is 1. The smallest absolute Gasteiger partial charge is 0.322 e. The lowest BCUT2D eigenvalue weighted by Crippen LogP contribution is -2.61. The van der Waals surface area contributed by atoms with Crippen molar-refractivity contribution in [3.8, 4) is 0 Å². The number of carbonyl (C=O) groups excluding carboxylic acids is 4. The topological polar surface area (TPSA) is 162 Å². The maximum atomic E-state index is 13.0. The van der Waals surface area contributed by atoms with Crippen LogP contribution in [0.25, 0.3) is 11.2 Å². The molecule has 12 nitrogen and oxygen atoms in total. The summed E-state index contributed by atoms with van der Waals surface area (Å²) in [6.45, 7) is 1.18. The number of nitrogens with one attached hydrogen (secondary N) is 4. The highest BCUT2D eigenvalue weighted by molar-refractivity contribution is 6.02. The average molecular weight is 454 g/mol. The van der Waals surface area contributed by atoms with Gasteiger partial charge < -0.3 is 15.5 Å². The van der Waals surface area contributed by atoms with Crippen molar-refractivity contribution < 1.29 is 19.2 Å². The molecule has 2 atom stereocenters. The van der Waals surface area contributed by atoms with Gasteiger partial charge in [-0.2, -0.15) is 10.3 Å². The first-order valence-electron chi connectivity index (χ1n) is 11.3. The third kappa shape index (κ3) is 4.12. The van der Waals surface area contributed by atoms with E-state index in [4.69, 9.17) is 0 Å². The van der Waals surface area contributed by atoms with E-state index in [0.29, 0.717) is 29.8 Å². The molecule has 5 rings (SSSR count). The van der Waals surface area contributed by atoms with Crippen LogP contribution in [0.2, 0.25) is 0 Å². The summed E-state index contributed by atoms with van der Waals surface area (Å²) < 4.78 is 0. The van der Waals surface area contributed by atoms with Crippen molar-refractivity contribution in [2.24, 2.45) is 5.41 Å². The summed E-state index contributed by atoms with van der Waals surface area (Å²) in [5.41, 5.74) is 1.40. The second-order valence-electron chi connectivity index (χ2n) is 9.13. The van der Waals surface area contributed by atoms with Crippen molar-refractivity contribution in [1.29, 1.82) is 0 Å². The van der Waals surface area contributed by atoms with Crippen LogP contribution in [0.4, 0.5) is 4.79 Å². The molecule has 2 aromatic rings. The Morgan fingerprint density at radius 1 is 1.12 bits per heavy atom. The van der Waals surface area contributed by atoms with Crippen molar-refractivity contribution in [3.05, 3.63) is 17.8 Å². The zero-order valence-corrected chi connectivity index (χ0v) is 18.1. The monoisotopic (exact) mass is 454 g/mol. The van der Waals surface area contributed by atoms with Gasteiger partial charge in [0.15, 0.2) is 0 Å². The maximum Gasteiger partial charge on any atom is 0.322 e. The highest BCUT2D eigenvalue weighted by Crippen LogP contribution is 2.45. The second-order valence-corrected chi connectivity index (χ2v) is 9.13. The fraction of sp³-hybridized carbons (Fsp3) is 0.571. The fourth-order valence-electron chi connectivity index (χ4n) is 5.36. The number of nitrogens with zero attached hydrogens (tertiary/aromatic N) is 4. The van der Waals surface area contributed by atoms with Crippen molar-refractivity contribution in [2.75, 3.05) is 13.1 Å². The van der Waals surface area contributed by atoms with Gasteiger partial charge in [0.05, 0.1) is 12.0 Å². The van der Waals surface area contributed by atoms with Gasteiger partial charge in [-0.15, -0.1) is 5.10 Å². The molecule has 2 aliphatic heterocycles. The minimum atomic E-state index is -0.856. The Bertz CT molecular complexity index is 1090. The van der Waals surface area contributed by atoms with Crippen molar-refractivity contribution in [1.82, 2.24) is 41.2 Å². The van der Waals surface area contributed by atoms with E-state index in [-0.39, 0.29) is 29.7 Å². The number of amides is 5. The molecule has 1 aliphatic carbocycles. The van der Waals surface area contributed by atoms with Crippen LogP contribution in [-0.2, 0) is 9.59 Å². The highest BCUT2D eigenvalue weighted by Gasteiger charge is 2.45. The summed E-state index contributed by atoms with van der Waals surface area (Å²) in [6.07, 6.45) is 6.93. The molecule has 33 heavy (non-hydrogen) atoms. The van der Waals surface area contributed by atoms with Gasteiger partial charge in [-0.05, 0) is 37.2 Å². The van der Waals surface area contributed by atoms with E-state index < -0.39 is 18.0 Å². The van der Waals surface area contributed by atoms with Crippen molar-refractivity contribution in [3.63, 3.8) is 0 Å². The molecule has 2 aromatic heterocycles. The summed E-state index contributed by atoms with van der Waals surface area (Å²) in [5, 5.41) is 18.2. The standard InChI is InChI=1S/C21H26N8O4/c30-16-10-14(23-20(33)25-16)18(31)24-15-3-1-2-4-21(15)5-7-29(8-6-21)19(32)12-9-13-17(22-11-12)27-28-26-13/h9,11,14-15H,1-8,10H2,(H,24,31)(H,22,26,27,28)(H2,23,25,30,33)/t14-,15?/m0/s1. The molecule has 174 valence electrons. The zero-order valence-electron chi connectivity index (χ0n) is 18.1. The van der Waals surface area contributed by atoms with Crippen LogP contribution >= 0.6 is 0 Å². The summed E-state index contributed by atoms with van der Waals surface area (Å²) in [6, 6.07) is 0.142. The molecule has 12 heteroatoms. The average Bonchev–Trinajstić information content (AvgIpc) is 3.28. The number of aromatic amines is 1. The molecule has 0 radical (unpaired) electrons. The molecule has 3 aliphatic rings. The van der Waals surface area contributed by atoms with Gasteiger partial charge in [0.25, 0.3) is 5.91 Å². The number of carbonyl (C=O) groups is 4. The van der Waals surface area contributed by atoms with E-state index in [1.54, 1.807) is 6.07 Å². The van der Waals surface area contributed by atoms with Gasteiger partial charge in [0, 0.05) is 25.3 Å². The predicted octanol–water partition coefficient (Wildman–Crippen LogP) is 0.232. The van der Waals surface area contributed by atoms with Crippen molar-refractivity contribution in [2.45, 2.75) is 57.0 Å². The lowest BCUT2D eigenvalue weighted by Gasteiger charge is -2.49. The van der Waals surface area contributed by atoms with Crippen LogP contribution in [0.3, 0.4) is 0 Å². The Balaban J connectivity index is 1.24. The molecule has 3 fully saturated rings. The molecule has 1 saturated carbocycles. The molecular formula is C21H26N8O4. The first-order valence-corrected chi connectivity index (χ1v) is 11.3. The molecule has 4 heterocycles. The summed E-state index contributed by atoms with van der Waals surface area (Å²) >= 11 is 0. The lowest BCUT2D eigenvalue weighted by atomic mass is 9.64. The number of fused-ring (bicyclic) bond motifs is 1. The van der Waals surface area contributed by atoms with Crippen LogP contribution in [-0.4, -0.2) is 74.2 Å². The largest absolute Gasteiger partial charge is 0.351 e. The number of imide groups is 1. The third-order valence-electron chi connectivity index (χ3n) is 7.20. The number of H-pyrrole nitrogens is 1. The molecule has 0 aromatic carbocycles. The molecular weight excluding hydrogens is 428 g/mol. The molecule has 1 unspecified atom stereocenters. The minimum absolute atomic E-state index is 0.0500. The molecule has 1 spiro atoms. The quantitative estimate of drug-likeness (QED) is 0.516. The molecule has 2 saturated heterocycles. The van der Waals surface area contributed by atoms with Crippen molar-refractivity contribution >= 4 is 34.9 Å². The number of hydrogen-bond donors (Lipinski definition) is 4. The Kier molecular flexibility index (Phi) is 5.43. The molecule has 4 N–H and O–H groups in total. The molecule has 5 amide bonds. The van der Waals surface area contributed by atoms with E-state index >= 15 is 0 Å². The zero-order chi connectivity index (χ0) is 23.0. The number of aromatic nitrogens is 4. The maximum absolute atomic E-state index is 13.0. The van der Waals surface area contributed by atoms with Gasteiger partial charge >= 0.3 is 6.03 Å². The number of pyridine rings is 1.